The summed E-state index contributed by atoms with van der Waals surface area (Å²) in [5.41, 5.74) is 3.19. The van der Waals surface area contributed by atoms with E-state index >= 15 is 0 Å². The van der Waals surface area contributed by atoms with E-state index in [0.29, 0.717) is 36.5 Å². The number of halogens is 1. The van der Waals surface area contributed by atoms with Crippen molar-refractivity contribution in [3.05, 3.63) is 33.2 Å². The quantitative estimate of drug-likeness (QED) is 0.846. The molecule has 3 heterocycles. The molecule has 0 amide bonds. The molecule has 0 aromatic carbocycles. The summed E-state index contributed by atoms with van der Waals surface area (Å²) in [7, 11) is 0. The van der Waals surface area contributed by atoms with Gasteiger partial charge in [0.05, 0.1) is 23.4 Å². The van der Waals surface area contributed by atoms with Crippen molar-refractivity contribution in [3.8, 4) is 12.1 Å². The highest BCUT2D eigenvalue weighted by Crippen LogP contribution is 2.31. The molecule has 0 saturated heterocycles. The third kappa shape index (κ3) is 2.16. The first-order valence-electron chi connectivity index (χ1n) is 6.85. The Bertz CT molecular complexity index is 812. The minimum atomic E-state index is 0.138. The number of H-pyrrole nitrogens is 1. The van der Waals surface area contributed by atoms with E-state index in [1.807, 2.05) is 17.9 Å². The largest absolute Gasteiger partial charge is 0.349 e. The molecule has 0 spiro atoms. The standard InChI is InChI=1S/C14H12ClN7/c1-2-8-9(5-16)13(15)18-14(10(8)6-17)22-4-3-11-12(7-22)20-21-19-11/h2-4,7H2,1H3,(H,19,20,21). The van der Waals surface area contributed by atoms with Gasteiger partial charge in [-0.25, -0.2) is 4.98 Å². The molecule has 1 N–H and O–H groups in total. The van der Waals surface area contributed by atoms with E-state index in [1.54, 1.807) is 0 Å². The molecule has 0 bridgehead atoms. The zero-order valence-corrected chi connectivity index (χ0v) is 12.6. The van der Waals surface area contributed by atoms with Gasteiger partial charge in [0, 0.05) is 13.0 Å². The minimum Gasteiger partial charge on any atom is -0.349 e. The number of nitriles is 2. The van der Waals surface area contributed by atoms with Crippen LogP contribution in [0.5, 0.6) is 0 Å². The Morgan fingerprint density at radius 2 is 2.09 bits per heavy atom. The second kappa shape index (κ2) is 5.63. The molecule has 3 rings (SSSR count). The van der Waals surface area contributed by atoms with Gasteiger partial charge >= 0.3 is 0 Å². The average molecular weight is 314 g/mol. The number of aromatic amines is 1. The van der Waals surface area contributed by atoms with E-state index in [1.165, 1.54) is 0 Å². The Hall–Kier alpha value is -2.64. The summed E-state index contributed by atoms with van der Waals surface area (Å²) in [6, 6.07) is 4.21. The van der Waals surface area contributed by atoms with Crippen LogP contribution in [0.1, 0.15) is 35.0 Å². The zero-order valence-electron chi connectivity index (χ0n) is 11.9. The monoisotopic (exact) mass is 313 g/mol. The maximum absolute atomic E-state index is 9.52. The Morgan fingerprint density at radius 3 is 2.77 bits per heavy atom. The number of fused-ring (bicyclic) bond motifs is 1. The lowest BCUT2D eigenvalue weighted by Crippen LogP contribution is -2.32. The van der Waals surface area contributed by atoms with Gasteiger partial charge in [-0.2, -0.15) is 10.5 Å². The van der Waals surface area contributed by atoms with Gasteiger partial charge in [-0.3, -0.25) is 5.10 Å². The van der Waals surface area contributed by atoms with Crippen LogP contribution in [0.3, 0.4) is 0 Å². The van der Waals surface area contributed by atoms with E-state index in [-0.39, 0.29) is 10.7 Å². The first-order chi connectivity index (χ1) is 10.7. The van der Waals surface area contributed by atoms with E-state index in [4.69, 9.17) is 11.6 Å². The second-order valence-corrected chi connectivity index (χ2v) is 5.30. The van der Waals surface area contributed by atoms with Crippen LogP contribution in [-0.4, -0.2) is 26.9 Å². The molecule has 0 radical (unpaired) electrons. The molecular formula is C14H12ClN7. The summed E-state index contributed by atoms with van der Waals surface area (Å²) in [6.45, 7) is 3.09. The van der Waals surface area contributed by atoms with Crippen LogP contribution in [0.15, 0.2) is 0 Å². The lowest BCUT2D eigenvalue weighted by Gasteiger charge is -2.28. The topological polar surface area (TPSA) is 105 Å². The van der Waals surface area contributed by atoms with Crippen LogP contribution in [0, 0.1) is 22.7 Å². The molecule has 22 heavy (non-hydrogen) atoms. The van der Waals surface area contributed by atoms with Gasteiger partial charge < -0.3 is 4.90 Å². The molecule has 1 aliphatic rings. The maximum atomic E-state index is 9.52. The normalized spacial score (nSPS) is 13.4. The van der Waals surface area contributed by atoms with Gasteiger partial charge in [-0.1, -0.05) is 23.7 Å². The molecule has 110 valence electrons. The number of hydrogen-bond acceptors (Lipinski definition) is 6. The Kier molecular flexibility index (Phi) is 3.66. The first-order valence-corrected chi connectivity index (χ1v) is 7.23. The summed E-state index contributed by atoms with van der Waals surface area (Å²) < 4.78 is 0. The van der Waals surface area contributed by atoms with Crippen molar-refractivity contribution in [1.82, 2.24) is 20.4 Å². The van der Waals surface area contributed by atoms with Crippen molar-refractivity contribution < 1.29 is 0 Å². The molecule has 2 aromatic heterocycles. The average Bonchev–Trinajstić information content (AvgIpc) is 3.01. The summed E-state index contributed by atoms with van der Waals surface area (Å²) in [5, 5.41) is 29.6. The number of pyridine rings is 1. The zero-order chi connectivity index (χ0) is 15.7. The Labute approximate surface area is 132 Å². The molecular weight excluding hydrogens is 302 g/mol. The third-order valence-electron chi connectivity index (χ3n) is 3.79. The fraction of sp³-hybridized carbons (Fsp3) is 0.357. The van der Waals surface area contributed by atoms with Gasteiger partial charge in [0.15, 0.2) is 0 Å². The molecule has 1 aliphatic heterocycles. The number of nitrogens with one attached hydrogen (secondary N) is 1. The van der Waals surface area contributed by atoms with Crippen LogP contribution < -0.4 is 4.90 Å². The number of hydrogen-bond donors (Lipinski definition) is 1. The first kappa shape index (κ1) is 14.3. The Balaban J connectivity index is 2.11. The highest BCUT2D eigenvalue weighted by atomic mass is 35.5. The van der Waals surface area contributed by atoms with Gasteiger partial charge in [0.25, 0.3) is 0 Å². The maximum Gasteiger partial charge on any atom is 0.149 e. The second-order valence-electron chi connectivity index (χ2n) is 4.94. The number of nitrogens with zero attached hydrogens (tertiary/aromatic N) is 6. The van der Waals surface area contributed by atoms with Crippen molar-refractivity contribution in [2.24, 2.45) is 0 Å². The van der Waals surface area contributed by atoms with E-state index in [0.717, 1.165) is 17.8 Å². The smallest absolute Gasteiger partial charge is 0.149 e. The van der Waals surface area contributed by atoms with E-state index < -0.39 is 0 Å². The molecule has 7 nitrogen and oxygen atoms in total. The predicted molar refractivity (Wildman–Crippen MR) is 79.2 cm³/mol. The SMILES string of the molecule is CCc1c(C#N)c(Cl)nc(N2CCc3[nH]nnc3C2)c1C#N. The van der Waals surface area contributed by atoms with E-state index in [9.17, 15) is 10.5 Å². The highest BCUT2D eigenvalue weighted by molar-refractivity contribution is 6.30. The van der Waals surface area contributed by atoms with Crippen LogP contribution in [0.4, 0.5) is 5.82 Å². The van der Waals surface area contributed by atoms with Crippen LogP contribution in [0.2, 0.25) is 5.15 Å². The lowest BCUT2D eigenvalue weighted by molar-refractivity contribution is 0.699. The van der Waals surface area contributed by atoms with Crippen LogP contribution >= 0.6 is 11.6 Å². The van der Waals surface area contributed by atoms with Gasteiger partial charge in [-0.15, -0.1) is 5.10 Å². The molecule has 0 saturated carbocycles. The molecule has 0 unspecified atom stereocenters. The van der Waals surface area contributed by atoms with Crippen molar-refractivity contribution >= 4 is 17.4 Å². The minimum absolute atomic E-state index is 0.138. The summed E-state index contributed by atoms with van der Waals surface area (Å²) in [4.78, 5) is 6.25. The third-order valence-corrected chi connectivity index (χ3v) is 4.06. The molecule has 0 atom stereocenters. The van der Waals surface area contributed by atoms with Gasteiger partial charge in [0.1, 0.15) is 28.8 Å². The number of aromatic nitrogens is 4. The fourth-order valence-electron chi connectivity index (χ4n) is 2.69. The fourth-order valence-corrected chi connectivity index (χ4v) is 2.92. The van der Waals surface area contributed by atoms with Crippen molar-refractivity contribution in [2.45, 2.75) is 26.3 Å². The molecule has 0 aliphatic carbocycles. The van der Waals surface area contributed by atoms with Crippen LogP contribution in [0.25, 0.3) is 0 Å². The summed E-state index contributed by atoms with van der Waals surface area (Å²) in [6.07, 6.45) is 1.29. The van der Waals surface area contributed by atoms with Gasteiger partial charge in [-0.05, 0) is 12.0 Å². The lowest BCUT2D eigenvalue weighted by atomic mass is 10.0. The van der Waals surface area contributed by atoms with Gasteiger partial charge in [0.2, 0.25) is 0 Å². The predicted octanol–water partition coefficient (Wildman–Crippen LogP) is 1.72. The van der Waals surface area contributed by atoms with Crippen molar-refractivity contribution in [3.63, 3.8) is 0 Å². The van der Waals surface area contributed by atoms with Crippen molar-refractivity contribution in [1.29, 1.82) is 10.5 Å². The highest BCUT2D eigenvalue weighted by Gasteiger charge is 2.26. The summed E-state index contributed by atoms with van der Waals surface area (Å²) >= 11 is 6.14. The van der Waals surface area contributed by atoms with E-state index in [2.05, 4.69) is 26.5 Å². The molecule has 2 aromatic rings. The summed E-state index contributed by atoms with van der Waals surface area (Å²) in [5.74, 6) is 0.511. The number of rotatable bonds is 2. The Morgan fingerprint density at radius 1 is 1.32 bits per heavy atom. The molecule has 8 heteroatoms. The number of anilines is 1. The molecule has 0 fully saturated rings. The van der Waals surface area contributed by atoms with Crippen molar-refractivity contribution in [2.75, 3.05) is 11.4 Å². The van der Waals surface area contributed by atoms with Crippen LogP contribution in [-0.2, 0) is 19.4 Å².